The molecule has 1 heterocycles. The highest BCUT2D eigenvalue weighted by Crippen LogP contribution is 2.33. The van der Waals surface area contributed by atoms with Gasteiger partial charge in [0, 0.05) is 10.3 Å². The molecule has 0 fully saturated rings. The van der Waals surface area contributed by atoms with Gasteiger partial charge in [0.1, 0.15) is 5.75 Å². The first-order chi connectivity index (χ1) is 11.1. The van der Waals surface area contributed by atoms with Crippen LogP contribution in [0.2, 0.25) is 0 Å². The van der Waals surface area contributed by atoms with E-state index in [9.17, 15) is 4.79 Å². The zero-order valence-corrected chi connectivity index (χ0v) is 14.7. The maximum Gasteiger partial charge on any atom is 0.252 e. The molecule has 2 atom stereocenters. The Morgan fingerprint density at radius 1 is 1.43 bits per heavy atom. The van der Waals surface area contributed by atoms with E-state index >= 15 is 0 Å². The van der Waals surface area contributed by atoms with Crippen LogP contribution in [0.25, 0.3) is 0 Å². The fourth-order valence-corrected chi connectivity index (χ4v) is 4.38. The molecule has 0 radical (unpaired) electrons. The monoisotopic (exact) mass is 329 g/mol. The molecular weight excluding hydrogens is 306 g/mol. The van der Waals surface area contributed by atoms with E-state index in [4.69, 9.17) is 4.74 Å². The van der Waals surface area contributed by atoms with Crippen molar-refractivity contribution >= 4 is 17.2 Å². The Kier molecular flexibility index (Phi) is 4.71. The summed E-state index contributed by atoms with van der Waals surface area (Å²) in [5.74, 6) is 1.57. The molecule has 0 bridgehead atoms. The Bertz CT molecular complexity index is 707. The zero-order chi connectivity index (χ0) is 16.4. The number of amides is 1. The molecule has 2 unspecified atom stereocenters. The normalized spacial score (nSPS) is 18.1. The topological polar surface area (TPSA) is 38.3 Å². The highest BCUT2D eigenvalue weighted by Gasteiger charge is 2.24. The zero-order valence-electron chi connectivity index (χ0n) is 13.9. The van der Waals surface area contributed by atoms with Gasteiger partial charge < -0.3 is 10.1 Å². The van der Waals surface area contributed by atoms with Crippen LogP contribution in [0.1, 0.15) is 52.7 Å². The molecule has 1 aliphatic rings. The van der Waals surface area contributed by atoms with Gasteiger partial charge >= 0.3 is 0 Å². The molecular formula is C19H23NO2S. The minimum Gasteiger partial charge on any atom is -0.497 e. The third-order valence-electron chi connectivity index (χ3n) is 4.59. The number of carbonyl (C=O) groups excluding carboxylic acids is 1. The smallest absolute Gasteiger partial charge is 0.252 e. The Balaban J connectivity index is 1.74. The first kappa shape index (κ1) is 16.1. The van der Waals surface area contributed by atoms with Crippen LogP contribution in [0.4, 0.5) is 0 Å². The van der Waals surface area contributed by atoms with Crippen LogP contribution >= 0.6 is 11.3 Å². The van der Waals surface area contributed by atoms with Gasteiger partial charge in [-0.1, -0.05) is 19.1 Å². The maximum absolute atomic E-state index is 12.7. The van der Waals surface area contributed by atoms with Crippen molar-refractivity contribution in [3.63, 3.8) is 0 Å². The number of benzene rings is 1. The van der Waals surface area contributed by atoms with Gasteiger partial charge in [-0.05, 0) is 55.4 Å². The number of carbonyl (C=O) groups is 1. The lowest BCUT2D eigenvalue weighted by atomic mass is 9.88. The van der Waals surface area contributed by atoms with Crippen LogP contribution in [0.3, 0.4) is 0 Å². The summed E-state index contributed by atoms with van der Waals surface area (Å²) in [6.45, 7) is 4.29. The van der Waals surface area contributed by atoms with Gasteiger partial charge in [-0.25, -0.2) is 0 Å². The molecule has 1 aromatic heterocycles. The molecule has 0 saturated carbocycles. The molecule has 1 amide bonds. The first-order valence-corrected chi connectivity index (χ1v) is 9.00. The summed E-state index contributed by atoms with van der Waals surface area (Å²) in [4.78, 5) is 14.1. The predicted octanol–water partition coefficient (Wildman–Crippen LogP) is 4.37. The van der Waals surface area contributed by atoms with E-state index in [2.05, 4.69) is 12.2 Å². The molecule has 2 aromatic rings. The van der Waals surface area contributed by atoms with E-state index < -0.39 is 0 Å². The number of nitrogens with one attached hydrogen (secondary N) is 1. The van der Waals surface area contributed by atoms with Gasteiger partial charge in [-0.15, -0.1) is 11.3 Å². The number of methoxy groups -OCH3 is 1. The lowest BCUT2D eigenvalue weighted by Gasteiger charge is -2.20. The van der Waals surface area contributed by atoms with Gasteiger partial charge in [0.15, 0.2) is 0 Å². The molecule has 1 aromatic carbocycles. The minimum absolute atomic E-state index is 0.0346. The number of rotatable bonds is 4. The highest BCUT2D eigenvalue weighted by atomic mass is 32.1. The molecule has 1 aliphatic carbocycles. The van der Waals surface area contributed by atoms with Crippen molar-refractivity contribution in [1.82, 2.24) is 5.32 Å². The van der Waals surface area contributed by atoms with Gasteiger partial charge in [-0.3, -0.25) is 4.79 Å². The lowest BCUT2D eigenvalue weighted by Crippen LogP contribution is -2.27. The van der Waals surface area contributed by atoms with Crippen LogP contribution in [-0.4, -0.2) is 13.0 Å². The number of thiophene rings is 1. The average molecular weight is 329 g/mol. The van der Waals surface area contributed by atoms with Crippen LogP contribution in [0.15, 0.2) is 29.6 Å². The molecule has 122 valence electrons. The van der Waals surface area contributed by atoms with E-state index in [0.717, 1.165) is 35.6 Å². The van der Waals surface area contributed by atoms with Crippen molar-refractivity contribution in [3.8, 4) is 5.75 Å². The standard InChI is InChI=1S/C19H23NO2S/c1-12-7-8-16-17(11-23-18(16)9-12)19(21)20-13(2)14-5-4-6-15(10-14)22-3/h4-6,10-13H,7-9H2,1-3H3,(H,20,21). The van der Waals surface area contributed by atoms with Crippen molar-refractivity contribution in [2.24, 2.45) is 5.92 Å². The molecule has 0 saturated heterocycles. The first-order valence-electron chi connectivity index (χ1n) is 8.12. The minimum atomic E-state index is -0.0457. The third kappa shape index (κ3) is 3.42. The Hall–Kier alpha value is -1.81. The summed E-state index contributed by atoms with van der Waals surface area (Å²) >= 11 is 1.73. The molecule has 1 N–H and O–H groups in total. The van der Waals surface area contributed by atoms with Crippen LogP contribution in [0, 0.1) is 5.92 Å². The Morgan fingerprint density at radius 3 is 3.04 bits per heavy atom. The van der Waals surface area contributed by atoms with E-state index in [0.29, 0.717) is 0 Å². The maximum atomic E-state index is 12.7. The summed E-state index contributed by atoms with van der Waals surface area (Å²) in [5.41, 5.74) is 3.19. The summed E-state index contributed by atoms with van der Waals surface area (Å²) in [7, 11) is 1.65. The SMILES string of the molecule is COc1cccc(C(C)NC(=O)c2csc3c2CCC(C)C3)c1. The van der Waals surface area contributed by atoms with Crippen LogP contribution < -0.4 is 10.1 Å². The second kappa shape index (κ2) is 6.75. The average Bonchev–Trinajstić information content (AvgIpc) is 2.97. The molecule has 4 heteroatoms. The fraction of sp³-hybridized carbons (Fsp3) is 0.421. The van der Waals surface area contributed by atoms with Crippen molar-refractivity contribution in [1.29, 1.82) is 0 Å². The summed E-state index contributed by atoms with van der Waals surface area (Å²) in [5, 5.41) is 5.15. The molecule has 23 heavy (non-hydrogen) atoms. The van der Waals surface area contributed by atoms with E-state index in [1.54, 1.807) is 18.4 Å². The van der Waals surface area contributed by atoms with E-state index in [1.165, 1.54) is 16.9 Å². The van der Waals surface area contributed by atoms with Crippen molar-refractivity contribution in [2.75, 3.05) is 7.11 Å². The van der Waals surface area contributed by atoms with Gasteiger partial charge in [0.05, 0.1) is 18.7 Å². The number of hydrogen-bond donors (Lipinski definition) is 1. The summed E-state index contributed by atoms with van der Waals surface area (Å²) < 4.78 is 5.26. The predicted molar refractivity (Wildman–Crippen MR) is 94.4 cm³/mol. The third-order valence-corrected chi connectivity index (χ3v) is 5.64. The van der Waals surface area contributed by atoms with Crippen molar-refractivity contribution in [3.05, 3.63) is 51.2 Å². The Morgan fingerprint density at radius 2 is 2.26 bits per heavy atom. The van der Waals surface area contributed by atoms with Crippen LogP contribution in [-0.2, 0) is 12.8 Å². The molecule has 0 spiro atoms. The second-order valence-corrected chi connectivity index (χ2v) is 7.34. The summed E-state index contributed by atoms with van der Waals surface area (Å²) in [6.07, 6.45) is 3.31. The lowest BCUT2D eigenvalue weighted by molar-refractivity contribution is 0.0939. The molecule has 3 rings (SSSR count). The molecule has 3 nitrogen and oxygen atoms in total. The van der Waals surface area contributed by atoms with Gasteiger partial charge in [-0.2, -0.15) is 0 Å². The number of fused-ring (bicyclic) bond motifs is 1. The summed E-state index contributed by atoms with van der Waals surface area (Å²) in [6, 6.07) is 7.79. The van der Waals surface area contributed by atoms with Crippen molar-refractivity contribution < 1.29 is 9.53 Å². The van der Waals surface area contributed by atoms with Crippen molar-refractivity contribution in [2.45, 2.75) is 39.2 Å². The van der Waals surface area contributed by atoms with E-state index in [-0.39, 0.29) is 11.9 Å². The van der Waals surface area contributed by atoms with E-state index in [1.807, 2.05) is 36.6 Å². The largest absolute Gasteiger partial charge is 0.497 e. The fourth-order valence-electron chi connectivity index (χ4n) is 3.14. The second-order valence-electron chi connectivity index (χ2n) is 6.37. The number of ether oxygens (including phenoxy) is 1. The van der Waals surface area contributed by atoms with Gasteiger partial charge in [0.25, 0.3) is 5.91 Å². The highest BCUT2D eigenvalue weighted by molar-refractivity contribution is 7.10. The van der Waals surface area contributed by atoms with Gasteiger partial charge in [0.2, 0.25) is 0 Å². The molecule has 0 aliphatic heterocycles. The quantitative estimate of drug-likeness (QED) is 0.904. The number of hydrogen-bond acceptors (Lipinski definition) is 3. The Labute approximate surface area is 141 Å². The van der Waals surface area contributed by atoms with Crippen LogP contribution in [0.5, 0.6) is 5.75 Å².